The van der Waals surface area contributed by atoms with E-state index in [0.29, 0.717) is 0 Å². The van der Waals surface area contributed by atoms with Crippen molar-refractivity contribution in [1.29, 1.82) is 0 Å². The van der Waals surface area contributed by atoms with Crippen LogP contribution in [0.2, 0.25) is 0 Å². The number of hydrogen-bond donors (Lipinski definition) is 3. The maximum atomic E-state index is 10.8. The monoisotopic (exact) mass is 207 g/mol. The van der Waals surface area contributed by atoms with Crippen molar-refractivity contribution in [2.45, 2.75) is 6.04 Å². The fourth-order valence-electron chi connectivity index (χ4n) is 1.17. The summed E-state index contributed by atoms with van der Waals surface area (Å²) in [6.45, 7) is 0.165. The maximum Gasteiger partial charge on any atom is 0.323 e. The predicted octanol–water partition coefficient (Wildman–Crippen LogP) is -1.63. The van der Waals surface area contributed by atoms with E-state index < -0.39 is 12.0 Å². The molecule has 0 radical (unpaired) electrons. The van der Waals surface area contributed by atoms with E-state index in [1.165, 1.54) is 12.0 Å². The lowest BCUT2D eigenvalue weighted by atomic mass is 10.2. The van der Waals surface area contributed by atoms with Crippen molar-refractivity contribution < 1.29 is 24.9 Å². The third-order valence-corrected chi connectivity index (χ3v) is 1.82. The van der Waals surface area contributed by atoms with Gasteiger partial charge in [0.25, 0.3) is 0 Å². The zero-order chi connectivity index (χ0) is 11.0. The minimum absolute atomic E-state index is 0.0370. The number of rotatable bonds is 8. The summed E-state index contributed by atoms with van der Waals surface area (Å²) >= 11 is 0. The van der Waals surface area contributed by atoms with E-state index in [4.69, 9.17) is 20.1 Å². The van der Waals surface area contributed by atoms with Gasteiger partial charge in [-0.2, -0.15) is 0 Å². The number of aliphatic carboxylic acids is 1. The molecule has 0 aliphatic rings. The first kappa shape index (κ1) is 13.3. The molecule has 0 aliphatic heterocycles. The van der Waals surface area contributed by atoms with Crippen LogP contribution < -0.4 is 0 Å². The van der Waals surface area contributed by atoms with E-state index in [1.54, 1.807) is 0 Å². The maximum absolute atomic E-state index is 10.8. The molecule has 0 amide bonds. The fraction of sp³-hybridized carbons (Fsp3) is 0.875. The van der Waals surface area contributed by atoms with Crippen molar-refractivity contribution in [2.24, 2.45) is 0 Å². The van der Waals surface area contributed by atoms with Gasteiger partial charge in [-0.25, -0.2) is 0 Å². The molecule has 1 unspecified atom stereocenters. The first-order chi connectivity index (χ1) is 6.67. The molecule has 6 heteroatoms. The normalized spacial score (nSPS) is 13.1. The van der Waals surface area contributed by atoms with Crippen molar-refractivity contribution in [2.75, 3.05) is 40.0 Å². The Kier molecular flexibility index (Phi) is 7.31. The van der Waals surface area contributed by atoms with Gasteiger partial charge in [0.05, 0.1) is 19.8 Å². The molecule has 6 nitrogen and oxygen atoms in total. The summed E-state index contributed by atoms with van der Waals surface area (Å²) in [6, 6.07) is -0.820. The van der Waals surface area contributed by atoms with Crippen LogP contribution in [0.4, 0.5) is 0 Å². The number of aliphatic hydroxyl groups is 2. The highest BCUT2D eigenvalue weighted by Gasteiger charge is 2.24. The lowest BCUT2D eigenvalue weighted by Gasteiger charge is -2.26. The van der Waals surface area contributed by atoms with Gasteiger partial charge in [-0.3, -0.25) is 9.69 Å². The van der Waals surface area contributed by atoms with Gasteiger partial charge < -0.3 is 20.1 Å². The average molecular weight is 207 g/mol. The number of aliphatic hydroxyl groups excluding tert-OH is 2. The Labute approximate surface area is 82.7 Å². The molecule has 0 rings (SSSR count). The molecule has 14 heavy (non-hydrogen) atoms. The topological polar surface area (TPSA) is 90.2 Å². The number of nitrogens with zero attached hydrogens (tertiary/aromatic N) is 1. The first-order valence-corrected chi connectivity index (χ1v) is 4.34. The Bertz CT molecular complexity index is 158. The van der Waals surface area contributed by atoms with Gasteiger partial charge >= 0.3 is 5.97 Å². The molecule has 0 aromatic heterocycles. The van der Waals surface area contributed by atoms with E-state index in [2.05, 4.69) is 0 Å². The standard InChI is InChI=1S/C8H17NO5/c1-14-6-7(8(12)13)9(2-4-10)3-5-11/h7,10-11H,2-6H2,1H3,(H,12,13). The van der Waals surface area contributed by atoms with Crippen LogP contribution in [-0.2, 0) is 9.53 Å². The van der Waals surface area contributed by atoms with Crippen molar-refractivity contribution in [3.05, 3.63) is 0 Å². The molecule has 0 aromatic carbocycles. The molecule has 0 fully saturated rings. The van der Waals surface area contributed by atoms with Crippen LogP contribution >= 0.6 is 0 Å². The van der Waals surface area contributed by atoms with Gasteiger partial charge in [0.1, 0.15) is 6.04 Å². The van der Waals surface area contributed by atoms with Gasteiger partial charge in [-0.1, -0.05) is 0 Å². The Hall–Kier alpha value is -0.690. The van der Waals surface area contributed by atoms with Crippen molar-refractivity contribution >= 4 is 5.97 Å². The van der Waals surface area contributed by atoms with Crippen LogP contribution in [0.25, 0.3) is 0 Å². The smallest absolute Gasteiger partial charge is 0.323 e. The van der Waals surface area contributed by atoms with Crippen LogP contribution in [0.15, 0.2) is 0 Å². The SMILES string of the molecule is COCC(C(=O)O)N(CCO)CCO. The quantitative estimate of drug-likeness (QED) is 0.443. The van der Waals surface area contributed by atoms with Gasteiger partial charge in [0.15, 0.2) is 0 Å². The van der Waals surface area contributed by atoms with E-state index in [9.17, 15) is 4.79 Å². The van der Waals surface area contributed by atoms with Crippen LogP contribution in [0, 0.1) is 0 Å². The molecule has 0 aromatic rings. The summed E-state index contributed by atoms with van der Waals surface area (Å²) in [7, 11) is 1.41. The molecule has 0 bridgehead atoms. The van der Waals surface area contributed by atoms with Gasteiger partial charge in [-0.05, 0) is 0 Å². The Morgan fingerprint density at radius 1 is 1.36 bits per heavy atom. The number of carboxylic acids is 1. The number of ether oxygens (including phenoxy) is 1. The molecule has 0 saturated heterocycles. The lowest BCUT2D eigenvalue weighted by Crippen LogP contribution is -2.46. The van der Waals surface area contributed by atoms with Crippen LogP contribution in [-0.4, -0.2) is 72.3 Å². The van der Waals surface area contributed by atoms with E-state index in [-0.39, 0.29) is 32.9 Å². The summed E-state index contributed by atoms with van der Waals surface area (Å²) in [5.74, 6) is -1.02. The number of carboxylic acid groups (broad SMARTS) is 1. The van der Waals surface area contributed by atoms with Crippen LogP contribution in [0.3, 0.4) is 0 Å². The van der Waals surface area contributed by atoms with E-state index >= 15 is 0 Å². The Balaban J connectivity index is 4.29. The van der Waals surface area contributed by atoms with Gasteiger partial charge in [0, 0.05) is 20.2 Å². The highest BCUT2D eigenvalue weighted by atomic mass is 16.5. The molecule has 0 heterocycles. The minimum atomic E-state index is -1.02. The summed E-state index contributed by atoms with van der Waals surface area (Å²) in [5.41, 5.74) is 0. The van der Waals surface area contributed by atoms with Crippen molar-refractivity contribution in [1.82, 2.24) is 4.90 Å². The van der Waals surface area contributed by atoms with Crippen molar-refractivity contribution in [3.63, 3.8) is 0 Å². The molecule has 84 valence electrons. The number of hydrogen-bond acceptors (Lipinski definition) is 5. The Morgan fingerprint density at radius 2 is 1.86 bits per heavy atom. The van der Waals surface area contributed by atoms with Gasteiger partial charge in [-0.15, -0.1) is 0 Å². The average Bonchev–Trinajstić information content (AvgIpc) is 2.13. The lowest BCUT2D eigenvalue weighted by molar-refractivity contribution is -0.145. The zero-order valence-corrected chi connectivity index (χ0v) is 8.22. The third-order valence-electron chi connectivity index (χ3n) is 1.82. The summed E-state index contributed by atoms with van der Waals surface area (Å²) in [5, 5.41) is 26.3. The summed E-state index contributed by atoms with van der Waals surface area (Å²) in [6.07, 6.45) is 0. The number of methoxy groups -OCH3 is 1. The molecule has 3 N–H and O–H groups in total. The second kappa shape index (κ2) is 7.69. The molecule has 0 aliphatic carbocycles. The zero-order valence-electron chi connectivity index (χ0n) is 8.22. The third kappa shape index (κ3) is 4.52. The van der Waals surface area contributed by atoms with Crippen LogP contribution in [0.1, 0.15) is 0 Å². The second-order valence-corrected chi connectivity index (χ2v) is 2.79. The number of carbonyl (C=O) groups is 1. The fourth-order valence-corrected chi connectivity index (χ4v) is 1.17. The van der Waals surface area contributed by atoms with Crippen LogP contribution in [0.5, 0.6) is 0 Å². The van der Waals surface area contributed by atoms with E-state index in [1.807, 2.05) is 0 Å². The highest BCUT2D eigenvalue weighted by Crippen LogP contribution is 2.00. The molecule has 1 atom stereocenters. The second-order valence-electron chi connectivity index (χ2n) is 2.79. The van der Waals surface area contributed by atoms with Crippen molar-refractivity contribution in [3.8, 4) is 0 Å². The molecular formula is C8H17NO5. The molecular weight excluding hydrogens is 190 g/mol. The minimum Gasteiger partial charge on any atom is -0.480 e. The van der Waals surface area contributed by atoms with E-state index in [0.717, 1.165) is 0 Å². The highest BCUT2D eigenvalue weighted by molar-refractivity contribution is 5.73. The largest absolute Gasteiger partial charge is 0.480 e. The first-order valence-electron chi connectivity index (χ1n) is 4.34. The molecule has 0 saturated carbocycles. The summed E-state index contributed by atoms with van der Waals surface area (Å²) < 4.78 is 4.75. The van der Waals surface area contributed by atoms with Gasteiger partial charge in [0.2, 0.25) is 0 Å². The predicted molar refractivity (Wildman–Crippen MR) is 49.0 cm³/mol. The summed E-state index contributed by atoms with van der Waals surface area (Å²) in [4.78, 5) is 12.3. The Morgan fingerprint density at radius 3 is 2.14 bits per heavy atom. The molecule has 0 spiro atoms.